The number of pyridine rings is 1. The number of benzene rings is 1. The zero-order valence-corrected chi connectivity index (χ0v) is 20.6. The molecule has 1 aliphatic heterocycles. The molecule has 1 saturated heterocycles. The normalized spacial score (nSPS) is 13.9. The number of aromatic nitrogens is 3. The minimum Gasteiger partial charge on any atom is -0.338 e. The molecule has 2 aromatic heterocycles. The average molecular weight is 478 g/mol. The third-order valence-corrected chi connectivity index (χ3v) is 6.08. The second-order valence-electron chi connectivity index (χ2n) is 9.79. The van der Waals surface area contributed by atoms with E-state index in [-0.39, 0.29) is 34.3 Å². The van der Waals surface area contributed by atoms with Crippen molar-refractivity contribution in [1.82, 2.24) is 19.4 Å². The van der Waals surface area contributed by atoms with Crippen LogP contribution in [0.5, 0.6) is 0 Å². The minimum atomic E-state index is -0.640. The maximum atomic E-state index is 13.4. The summed E-state index contributed by atoms with van der Waals surface area (Å²) in [6.07, 6.45) is 1.43. The Morgan fingerprint density at radius 1 is 1.14 bits per heavy atom. The zero-order valence-electron chi connectivity index (χ0n) is 20.6. The SMILES string of the molecule is CC(C)Cn1c(=O)[nH]c(=O)c2c(C(=O)Nc3cccc(CN4CCCC4=O)c3)cc(C(C)C)nc21. The van der Waals surface area contributed by atoms with E-state index in [1.54, 1.807) is 17.0 Å². The van der Waals surface area contributed by atoms with E-state index in [1.807, 2.05) is 45.9 Å². The Labute approximate surface area is 203 Å². The number of fused-ring (bicyclic) bond motifs is 1. The van der Waals surface area contributed by atoms with Crippen LogP contribution in [0.4, 0.5) is 5.69 Å². The summed E-state index contributed by atoms with van der Waals surface area (Å²) in [5.74, 6) is -0.215. The molecule has 1 aliphatic rings. The van der Waals surface area contributed by atoms with E-state index in [9.17, 15) is 19.2 Å². The predicted molar refractivity (Wildman–Crippen MR) is 135 cm³/mol. The van der Waals surface area contributed by atoms with Gasteiger partial charge in [0.1, 0.15) is 0 Å². The number of rotatable bonds is 7. The topological polar surface area (TPSA) is 117 Å². The number of hydrogen-bond acceptors (Lipinski definition) is 5. The quantitative estimate of drug-likeness (QED) is 0.542. The molecule has 0 saturated carbocycles. The lowest BCUT2D eigenvalue weighted by molar-refractivity contribution is -0.128. The number of aromatic amines is 1. The molecule has 3 aromatic rings. The molecule has 9 heteroatoms. The van der Waals surface area contributed by atoms with E-state index in [0.29, 0.717) is 30.9 Å². The molecule has 9 nitrogen and oxygen atoms in total. The third-order valence-electron chi connectivity index (χ3n) is 6.08. The minimum absolute atomic E-state index is 0.0193. The molecule has 2 amide bonds. The summed E-state index contributed by atoms with van der Waals surface area (Å²) in [6, 6.07) is 8.95. The first-order chi connectivity index (χ1) is 16.6. The summed E-state index contributed by atoms with van der Waals surface area (Å²) in [4.78, 5) is 59.6. The summed E-state index contributed by atoms with van der Waals surface area (Å²) in [6.45, 7) is 9.39. The Bertz CT molecular complexity index is 1400. The van der Waals surface area contributed by atoms with Crippen LogP contribution in [0.25, 0.3) is 11.0 Å². The van der Waals surface area contributed by atoms with Crippen molar-refractivity contribution in [2.75, 3.05) is 11.9 Å². The second kappa shape index (κ2) is 9.85. The number of nitrogens with one attached hydrogen (secondary N) is 2. The van der Waals surface area contributed by atoms with Crippen molar-refractivity contribution in [2.45, 2.75) is 59.5 Å². The summed E-state index contributed by atoms with van der Waals surface area (Å²) in [5.41, 5.74) is 1.28. The van der Waals surface area contributed by atoms with Gasteiger partial charge in [0.2, 0.25) is 5.91 Å². The largest absolute Gasteiger partial charge is 0.338 e. The van der Waals surface area contributed by atoms with Gasteiger partial charge in [0, 0.05) is 37.4 Å². The molecule has 0 aliphatic carbocycles. The molecule has 1 aromatic carbocycles. The molecule has 184 valence electrons. The molecule has 35 heavy (non-hydrogen) atoms. The van der Waals surface area contributed by atoms with Crippen molar-refractivity contribution in [3.8, 4) is 0 Å². The van der Waals surface area contributed by atoms with Crippen molar-refractivity contribution in [2.24, 2.45) is 5.92 Å². The van der Waals surface area contributed by atoms with Crippen LogP contribution in [0.3, 0.4) is 0 Å². The number of hydrogen-bond donors (Lipinski definition) is 2. The summed E-state index contributed by atoms with van der Waals surface area (Å²) in [5, 5.41) is 2.97. The molecule has 1 fully saturated rings. The Kier molecular flexibility index (Phi) is 6.86. The first-order valence-corrected chi connectivity index (χ1v) is 12.0. The van der Waals surface area contributed by atoms with Gasteiger partial charge in [-0.05, 0) is 42.0 Å². The smallest absolute Gasteiger partial charge is 0.330 e. The van der Waals surface area contributed by atoms with Crippen LogP contribution >= 0.6 is 0 Å². The molecule has 2 N–H and O–H groups in total. The summed E-state index contributed by atoms with van der Waals surface area (Å²) >= 11 is 0. The molecular formula is C26H31N5O4. The van der Waals surface area contributed by atoms with Crippen LogP contribution in [0.15, 0.2) is 39.9 Å². The highest BCUT2D eigenvalue weighted by Gasteiger charge is 2.22. The Morgan fingerprint density at radius 3 is 2.57 bits per heavy atom. The van der Waals surface area contributed by atoms with E-state index in [1.165, 1.54) is 4.57 Å². The number of likely N-dealkylation sites (tertiary alicyclic amines) is 1. The molecule has 0 atom stereocenters. The van der Waals surface area contributed by atoms with E-state index in [0.717, 1.165) is 18.5 Å². The number of carbonyl (C=O) groups excluding carboxylic acids is 2. The van der Waals surface area contributed by atoms with Gasteiger partial charge in [0.05, 0.1) is 10.9 Å². The van der Waals surface area contributed by atoms with Gasteiger partial charge in [0.25, 0.3) is 11.5 Å². The lowest BCUT2D eigenvalue weighted by atomic mass is 10.0. The molecule has 0 bridgehead atoms. The van der Waals surface area contributed by atoms with Gasteiger partial charge in [0.15, 0.2) is 5.65 Å². The number of nitrogens with zero attached hydrogens (tertiary/aromatic N) is 3. The highest BCUT2D eigenvalue weighted by Crippen LogP contribution is 2.22. The van der Waals surface area contributed by atoms with Crippen LogP contribution in [0.2, 0.25) is 0 Å². The first-order valence-electron chi connectivity index (χ1n) is 12.0. The maximum absolute atomic E-state index is 13.4. The number of anilines is 1. The fourth-order valence-electron chi connectivity index (χ4n) is 4.34. The predicted octanol–water partition coefficient (Wildman–Crippen LogP) is 3.24. The van der Waals surface area contributed by atoms with E-state index < -0.39 is 17.2 Å². The molecule has 3 heterocycles. The van der Waals surface area contributed by atoms with E-state index in [4.69, 9.17) is 0 Å². The maximum Gasteiger partial charge on any atom is 0.330 e. The van der Waals surface area contributed by atoms with Gasteiger partial charge in [-0.15, -0.1) is 0 Å². The van der Waals surface area contributed by atoms with Crippen molar-refractivity contribution in [3.63, 3.8) is 0 Å². The zero-order chi connectivity index (χ0) is 25.3. The molecule has 0 spiro atoms. The summed E-state index contributed by atoms with van der Waals surface area (Å²) < 4.78 is 1.43. The van der Waals surface area contributed by atoms with Crippen molar-refractivity contribution < 1.29 is 9.59 Å². The molecular weight excluding hydrogens is 446 g/mol. The Morgan fingerprint density at radius 2 is 1.91 bits per heavy atom. The van der Waals surface area contributed by atoms with Gasteiger partial charge in [-0.3, -0.25) is 23.9 Å². The summed E-state index contributed by atoms with van der Waals surface area (Å²) in [7, 11) is 0. The third kappa shape index (κ3) is 5.18. The van der Waals surface area contributed by atoms with Gasteiger partial charge >= 0.3 is 5.69 Å². The van der Waals surface area contributed by atoms with Crippen molar-refractivity contribution >= 4 is 28.5 Å². The fourth-order valence-corrected chi connectivity index (χ4v) is 4.34. The van der Waals surface area contributed by atoms with E-state index in [2.05, 4.69) is 15.3 Å². The van der Waals surface area contributed by atoms with Crippen molar-refractivity contribution in [3.05, 3.63) is 68.0 Å². The Hall–Kier alpha value is -3.75. The lowest BCUT2D eigenvalue weighted by Gasteiger charge is -2.17. The molecule has 0 unspecified atom stereocenters. The highest BCUT2D eigenvalue weighted by molar-refractivity contribution is 6.11. The number of amides is 2. The van der Waals surface area contributed by atoms with Crippen LogP contribution < -0.4 is 16.6 Å². The molecule has 4 rings (SSSR count). The second-order valence-corrected chi connectivity index (χ2v) is 9.79. The fraction of sp³-hybridized carbons (Fsp3) is 0.423. The average Bonchev–Trinajstić information content (AvgIpc) is 3.19. The number of H-pyrrole nitrogens is 1. The first kappa shape index (κ1) is 24.4. The highest BCUT2D eigenvalue weighted by atomic mass is 16.2. The van der Waals surface area contributed by atoms with Crippen molar-refractivity contribution in [1.29, 1.82) is 0 Å². The Balaban J connectivity index is 1.74. The number of carbonyl (C=O) groups is 2. The lowest BCUT2D eigenvalue weighted by Crippen LogP contribution is -2.33. The van der Waals surface area contributed by atoms with Gasteiger partial charge < -0.3 is 10.2 Å². The monoisotopic (exact) mass is 477 g/mol. The van der Waals surface area contributed by atoms with Gasteiger partial charge in [-0.2, -0.15) is 0 Å². The van der Waals surface area contributed by atoms with Crippen LogP contribution in [0, 0.1) is 5.92 Å². The van der Waals surface area contributed by atoms with Crippen LogP contribution in [0.1, 0.15) is 68.1 Å². The standard InChI is InChI=1S/C26H31N5O4/c1-15(2)13-31-23-22(25(34)29-26(31)35)19(12-20(28-23)16(3)4)24(33)27-18-8-5-7-17(11-18)14-30-10-6-9-21(30)32/h5,7-8,11-12,15-16H,6,9-10,13-14H2,1-4H3,(H,27,33)(H,29,34,35). The van der Waals surface area contributed by atoms with Crippen LogP contribution in [-0.2, 0) is 17.9 Å². The van der Waals surface area contributed by atoms with Gasteiger partial charge in [-0.1, -0.05) is 39.8 Å². The van der Waals surface area contributed by atoms with E-state index >= 15 is 0 Å². The van der Waals surface area contributed by atoms with Crippen LogP contribution in [-0.4, -0.2) is 37.8 Å². The van der Waals surface area contributed by atoms with Gasteiger partial charge in [-0.25, -0.2) is 9.78 Å². The molecule has 0 radical (unpaired) electrons.